The molecule has 2 N–H and O–H groups in total. The molecule has 0 unspecified atom stereocenters. The molecule has 0 aliphatic heterocycles. The number of rotatable bonds is 7. The molecule has 0 heterocycles. The molecule has 0 spiro atoms. The number of carbonyl (C=O) groups is 1. The summed E-state index contributed by atoms with van der Waals surface area (Å²) in [4.78, 5) is 14.5. The summed E-state index contributed by atoms with van der Waals surface area (Å²) in [5.74, 6) is -0.348. The third-order valence-electron chi connectivity index (χ3n) is 5.65. The van der Waals surface area contributed by atoms with Gasteiger partial charge in [0.05, 0.1) is 12.6 Å². The van der Waals surface area contributed by atoms with E-state index in [1.807, 2.05) is 43.3 Å². The number of hydrogen-bond acceptors (Lipinski definition) is 2. The van der Waals surface area contributed by atoms with Crippen LogP contribution in [0.15, 0.2) is 54.6 Å². The quantitative estimate of drug-likeness (QED) is 0.628. The number of nitrogens with one attached hydrogen (secondary N) is 2. The lowest BCUT2D eigenvalue weighted by atomic mass is 9.94. The van der Waals surface area contributed by atoms with Crippen LogP contribution in [0.4, 0.5) is 4.39 Å². The minimum absolute atomic E-state index is 0.0815. The zero-order valence-electron chi connectivity index (χ0n) is 17.4. The fourth-order valence-corrected chi connectivity index (χ4v) is 4.23. The Kier molecular flexibility index (Phi) is 8.20. The molecule has 0 bridgehead atoms. The van der Waals surface area contributed by atoms with Crippen molar-refractivity contribution in [3.63, 3.8) is 0 Å². The van der Waals surface area contributed by atoms with Gasteiger partial charge in [-0.2, -0.15) is 0 Å². The van der Waals surface area contributed by atoms with E-state index in [0.717, 1.165) is 31.2 Å². The zero-order chi connectivity index (χ0) is 21.3. The van der Waals surface area contributed by atoms with Crippen molar-refractivity contribution in [1.82, 2.24) is 15.5 Å². The summed E-state index contributed by atoms with van der Waals surface area (Å²) in [6, 6.07) is 16.8. The molecule has 1 amide bonds. The Hall–Kier alpha value is -2.47. The normalized spacial score (nSPS) is 15.3. The van der Waals surface area contributed by atoms with Crippen LogP contribution in [0.2, 0.25) is 0 Å². The summed E-state index contributed by atoms with van der Waals surface area (Å²) in [5.41, 5.74) is 1.67. The van der Waals surface area contributed by atoms with Crippen molar-refractivity contribution in [2.45, 2.75) is 57.7 Å². The summed E-state index contributed by atoms with van der Waals surface area (Å²) in [5, 5.41) is 6.60. The molecular weight excluding hydrogens is 397 g/mol. The van der Waals surface area contributed by atoms with Crippen molar-refractivity contribution in [2.24, 2.45) is 0 Å². The molecule has 0 radical (unpaired) electrons. The van der Waals surface area contributed by atoms with Gasteiger partial charge in [0.2, 0.25) is 5.91 Å². The summed E-state index contributed by atoms with van der Waals surface area (Å²) in [7, 11) is 0. The molecule has 0 aromatic heterocycles. The first-order chi connectivity index (χ1) is 14.5. The van der Waals surface area contributed by atoms with Crippen LogP contribution in [0.25, 0.3) is 0 Å². The number of thiocarbonyl (C=S) groups is 1. The monoisotopic (exact) mass is 427 g/mol. The van der Waals surface area contributed by atoms with Crippen LogP contribution in [0, 0.1) is 5.82 Å². The number of halogens is 1. The van der Waals surface area contributed by atoms with Crippen LogP contribution in [0.5, 0.6) is 0 Å². The average Bonchev–Trinajstić information content (AvgIpc) is 2.78. The van der Waals surface area contributed by atoms with Crippen molar-refractivity contribution in [3.05, 3.63) is 71.5 Å². The van der Waals surface area contributed by atoms with E-state index >= 15 is 0 Å². The van der Waals surface area contributed by atoms with E-state index in [2.05, 4.69) is 15.5 Å². The molecule has 1 atom stereocenters. The number of nitrogens with zero attached hydrogens (tertiary/aromatic N) is 1. The largest absolute Gasteiger partial charge is 0.353 e. The van der Waals surface area contributed by atoms with Crippen molar-refractivity contribution >= 4 is 23.2 Å². The second-order valence-corrected chi connectivity index (χ2v) is 8.26. The molecule has 1 aliphatic rings. The second-order valence-electron chi connectivity index (χ2n) is 7.87. The van der Waals surface area contributed by atoms with Gasteiger partial charge in [-0.05, 0) is 43.6 Å². The van der Waals surface area contributed by atoms with E-state index in [-0.39, 0.29) is 30.4 Å². The zero-order valence-corrected chi connectivity index (χ0v) is 18.3. The highest BCUT2D eigenvalue weighted by Gasteiger charge is 2.24. The van der Waals surface area contributed by atoms with Crippen LogP contribution in [-0.4, -0.2) is 28.5 Å². The molecule has 3 rings (SSSR count). The van der Waals surface area contributed by atoms with Crippen LogP contribution in [0.1, 0.15) is 56.2 Å². The van der Waals surface area contributed by atoms with Gasteiger partial charge in [0, 0.05) is 18.2 Å². The van der Waals surface area contributed by atoms with E-state index in [1.54, 1.807) is 12.1 Å². The van der Waals surface area contributed by atoms with Gasteiger partial charge >= 0.3 is 0 Å². The third-order valence-corrected chi connectivity index (χ3v) is 6.03. The van der Waals surface area contributed by atoms with Crippen molar-refractivity contribution in [2.75, 3.05) is 6.54 Å². The number of hydrogen-bond donors (Lipinski definition) is 2. The number of carbonyl (C=O) groups excluding carboxylic acids is 1. The van der Waals surface area contributed by atoms with Gasteiger partial charge < -0.3 is 15.5 Å². The maximum absolute atomic E-state index is 14.2. The molecule has 0 saturated heterocycles. The summed E-state index contributed by atoms with van der Waals surface area (Å²) < 4.78 is 14.2. The maximum atomic E-state index is 14.2. The van der Waals surface area contributed by atoms with Gasteiger partial charge in [-0.15, -0.1) is 0 Å². The van der Waals surface area contributed by atoms with Crippen LogP contribution in [-0.2, 0) is 11.3 Å². The first-order valence-electron chi connectivity index (χ1n) is 10.7. The first kappa shape index (κ1) is 22.2. The second kappa shape index (κ2) is 11.1. The molecule has 4 nitrogen and oxygen atoms in total. The van der Waals surface area contributed by atoms with Gasteiger partial charge in [0.25, 0.3) is 0 Å². The Morgan fingerprint density at radius 1 is 1.10 bits per heavy atom. The molecule has 160 valence electrons. The summed E-state index contributed by atoms with van der Waals surface area (Å²) >= 11 is 5.64. The van der Waals surface area contributed by atoms with E-state index in [9.17, 15) is 9.18 Å². The van der Waals surface area contributed by atoms with Gasteiger partial charge in [0.15, 0.2) is 5.11 Å². The predicted octanol–water partition coefficient (Wildman–Crippen LogP) is 4.71. The minimum atomic E-state index is -0.226. The van der Waals surface area contributed by atoms with Gasteiger partial charge in [-0.25, -0.2) is 4.39 Å². The molecular formula is C24H30FN3OS. The fourth-order valence-electron chi connectivity index (χ4n) is 3.94. The number of amides is 1. The smallest absolute Gasteiger partial charge is 0.239 e. The highest BCUT2D eigenvalue weighted by molar-refractivity contribution is 7.80. The Balaban J connectivity index is 1.59. The Bertz CT molecular complexity index is 839. The number of benzene rings is 2. The van der Waals surface area contributed by atoms with Gasteiger partial charge in [-0.1, -0.05) is 67.8 Å². The Morgan fingerprint density at radius 3 is 2.47 bits per heavy atom. The standard InChI is InChI=1S/C24H30FN3OS/c1-18(19-10-4-2-5-11-19)27-23(29)16-26-24(30)28(21-13-6-3-7-14-21)17-20-12-8-9-15-22(20)25/h2,4-5,8-12,15,18,21H,3,6-7,13-14,16-17H2,1H3,(H,26,30)(H,27,29)/t18-/m0/s1. The molecule has 2 aromatic carbocycles. The van der Waals surface area contributed by atoms with E-state index < -0.39 is 0 Å². The summed E-state index contributed by atoms with van der Waals surface area (Å²) in [6.07, 6.45) is 5.59. The van der Waals surface area contributed by atoms with Crippen LogP contribution >= 0.6 is 12.2 Å². The van der Waals surface area contributed by atoms with Crippen molar-refractivity contribution < 1.29 is 9.18 Å². The van der Waals surface area contributed by atoms with Crippen molar-refractivity contribution in [3.8, 4) is 0 Å². The Morgan fingerprint density at radius 2 is 1.77 bits per heavy atom. The average molecular weight is 428 g/mol. The molecule has 30 heavy (non-hydrogen) atoms. The van der Waals surface area contributed by atoms with Crippen LogP contribution in [0.3, 0.4) is 0 Å². The third kappa shape index (κ3) is 6.26. The first-order valence-corrected chi connectivity index (χ1v) is 11.1. The lowest BCUT2D eigenvalue weighted by Crippen LogP contribution is -2.49. The maximum Gasteiger partial charge on any atom is 0.239 e. The van der Waals surface area contributed by atoms with E-state index in [1.165, 1.54) is 12.5 Å². The molecule has 6 heteroatoms. The highest BCUT2D eigenvalue weighted by atomic mass is 32.1. The van der Waals surface area contributed by atoms with Crippen LogP contribution < -0.4 is 10.6 Å². The highest BCUT2D eigenvalue weighted by Crippen LogP contribution is 2.25. The summed E-state index contributed by atoms with van der Waals surface area (Å²) in [6.45, 7) is 2.46. The lowest BCUT2D eigenvalue weighted by molar-refractivity contribution is -0.120. The molecule has 1 fully saturated rings. The SMILES string of the molecule is C[C@H](NC(=O)CNC(=S)N(Cc1ccccc1F)C1CCCCC1)c1ccccc1. The predicted molar refractivity (Wildman–Crippen MR) is 122 cm³/mol. The molecule has 1 saturated carbocycles. The van der Waals surface area contributed by atoms with Crippen molar-refractivity contribution in [1.29, 1.82) is 0 Å². The minimum Gasteiger partial charge on any atom is -0.353 e. The topological polar surface area (TPSA) is 44.4 Å². The Labute approximate surface area is 183 Å². The lowest BCUT2D eigenvalue weighted by Gasteiger charge is -2.36. The molecule has 2 aromatic rings. The molecule has 1 aliphatic carbocycles. The van der Waals surface area contributed by atoms with Gasteiger partial charge in [-0.3, -0.25) is 4.79 Å². The van der Waals surface area contributed by atoms with E-state index in [0.29, 0.717) is 17.2 Å². The fraction of sp³-hybridized carbons (Fsp3) is 0.417. The van der Waals surface area contributed by atoms with Gasteiger partial charge in [0.1, 0.15) is 5.82 Å². The van der Waals surface area contributed by atoms with E-state index in [4.69, 9.17) is 12.2 Å².